The van der Waals surface area contributed by atoms with Gasteiger partial charge in [-0.1, -0.05) is 11.8 Å². The Morgan fingerprint density at radius 2 is 1.91 bits per heavy atom. The summed E-state index contributed by atoms with van der Waals surface area (Å²) in [6.07, 6.45) is 5.72. The monoisotopic (exact) mass is 454 g/mol. The molecule has 1 atom stereocenters. The average molecular weight is 455 g/mol. The molecule has 4 rings (SSSR count). The lowest BCUT2D eigenvalue weighted by molar-refractivity contribution is -0.121. The summed E-state index contributed by atoms with van der Waals surface area (Å²) in [7, 11) is 0. The first-order valence-corrected chi connectivity index (χ1v) is 11.7. The molecule has 3 heterocycles. The highest BCUT2D eigenvalue weighted by atomic mass is 32.2. The second-order valence-corrected chi connectivity index (χ2v) is 8.97. The van der Waals surface area contributed by atoms with E-state index in [1.165, 1.54) is 18.2 Å². The van der Waals surface area contributed by atoms with Crippen molar-refractivity contribution >= 4 is 40.3 Å². The van der Waals surface area contributed by atoms with Gasteiger partial charge < -0.3 is 20.0 Å². The molecule has 2 aromatic rings. The predicted molar refractivity (Wildman–Crippen MR) is 124 cm³/mol. The van der Waals surface area contributed by atoms with Crippen LogP contribution in [0.5, 0.6) is 0 Å². The largest absolute Gasteiger partial charge is 0.469 e. The van der Waals surface area contributed by atoms with Crippen LogP contribution in [0.3, 0.4) is 0 Å². The minimum Gasteiger partial charge on any atom is -0.469 e. The molecule has 0 radical (unpaired) electrons. The summed E-state index contributed by atoms with van der Waals surface area (Å²) in [4.78, 5) is 43.2. The minimum atomic E-state index is -0.480. The van der Waals surface area contributed by atoms with Crippen molar-refractivity contribution in [1.29, 1.82) is 0 Å². The first-order chi connectivity index (χ1) is 15.6. The van der Waals surface area contributed by atoms with Gasteiger partial charge in [0.25, 0.3) is 11.8 Å². The SMILES string of the molecule is O=C(C[C@H]1SC(N2CCCCC2)=NC1=O)Nc1ccc(C(=O)NCCc2ccco2)cc1. The number of carbonyl (C=O) groups is 3. The number of thioether (sulfide) groups is 1. The number of nitrogens with zero attached hydrogens (tertiary/aromatic N) is 2. The van der Waals surface area contributed by atoms with Gasteiger partial charge in [0.1, 0.15) is 11.0 Å². The van der Waals surface area contributed by atoms with Gasteiger partial charge >= 0.3 is 0 Å². The van der Waals surface area contributed by atoms with Gasteiger partial charge in [0.15, 0.2) is 5.17 Å². The van der Waals surface area contributed by atoms with E-state index in [0.717, 1.165) is 36.9 Å². The zero-order valence-corrected chi connectivity index (χ0v) is 18.5. The standard InChI is InChI=1S/C23H26N4O4S/c28-20(15-19-22(30)26-23(32-19)27-12-2-1-3-13-27)25-17-8-6-16(7-9-17)21(29)24-11-10-18-5-4-14-31-18/h4-9,14,19H,1-3,10-13,15H2,(H,24,29)(H,25,28)/t19-/m1/s1. The Morgan fingerprint density at radius 3 is 2.62 bits per heavy atom. The topological polar surface area (TPSA) is 104 Å². The van der Waals surface area contributed by atoms with E-state index in [9.17, 15) is 14.4 Å². The number of nitrogens with one attached hydrogen (secondary N) is 2. The summed E-state index contributed by atoms with van der Waals surface area (Å²) in [5.41, 5.74) is 1.08. The van der Waals surface area contributed by atoms with Gasteiger partial charge in [-0.05, 0) is 55.7 Å². The Labute approximate surface area is 190 Å². The van der Waals surface area contributed by atoms with Crippen LogP contribution in [0.15, 0.2) is 52.1 Å². The molecule has 2 aliphatic rings. The van der Waals surface area contributed by atoms with Crippen LogP contribution in [0.25, 0.3) is 0 Å². The quantitative estimate of drug-likeness (QED) is 0.666. The summed E-state index contributed by atoms with van der Waals surface area (Å²) >= 11 is 1.38. The number of furan rings is 1. The average Bonchev–Trinajstić information content (AvgIpc) is 3.45. The molecular formula is C23H26N4O4S. The Balaban J connectivity index is 1.22. The van der Waals surface area contributed by atoms with E-state index in [1.807, 2.05) is 12.1 Å². The molecule has 1 aromatic heterocycles. The Morgan fingerprint density at radius 1 is 1.12 bits per heavy atom. The van der Waals surface area contributed by atoms with Gasteiger partial charge in [0.05, 0.1) is 6.26 Å². The van der Waals surface area contributed by atoms with Gasteiger partial charge in [0, 0.05) is 43.7 Å². The molecule has 0 spiro atoms. The number of amides is 3. The number of hydrogen-bond donors (Lipinski definition) is 2. The van der Waals surface area contributed by atoms with Crippen molar-refractivity contribution in [3.05, 3.63) is 54.0 Å². The van der Waals surface area contributed by atoms with Gasteiger partial charge in [0.2, 0.25) is 5.91 Å². The number of anilines is 1. The molecule has 0 bridgehead atoms. The molecule has 0 aliphatic carbocycles. The summed E-state index contributed by atoms with van der Waals surface area (Å²) < 4.78 is 5.24. The predicted octanol–water partition coefficient (Wildman–Crippen LogP) is 3.06. The van der Waals surface area contributed by atoms with E-state index in [0.29, 0.717) is 24.2 Å². The summed E-state index contributed by atoms with van der Waals surface area (Å²) in [5.74, 6) is 0.134. The molecule has 8 nitrogen and oxygen atoms in total. The van der Waals surface area contributed by atoms with Gasteiger partial charge in [-0.25, -0.2) is 0 Å². The van der Waals surface area contributed by atoms with Crippen molar-refractivity contribution < 1.29 is 18.8 Å². The summed E-state index contributed by atoms with van der Waals surface area (Å²) in [5, 5.41) is 5.90. The van der Waals surface area contributed by atoms with Crippen molar-refractivity contribution in [3.63, 3.8) is 0 Å². The van der Waals surface area contributed by atoms with Gasteiger partial charge in [-0.3, -0.25) is 14.4 Å². The number of hydrogen-bond acceptors (Lipinski definition) is 6. The van der Waals surface area contributed by atoms with E-state index < -0.39 is 5.25 Å². The van der Waals surface area contributed by atoms with Crippen LogP contribution in [0.4, 0.5) is 5.69 Å². The molecule has 0 saturated carbocycles. The van der Waals surface area contributed by atoms with Crippen LogP contribution >= 0.6 is 11.8 Å². The number of piperidine rings is 1. The molecular weight excluding hydrogens is 428 g/mol. The zero-order valence-electron chi connectivity index (χ0n) is 17.7. The fraction of sp³-hybridized carbons (Fsp3) is 0.391. The molecule has 1 saturated heterocycles. The zero-order chi connectivity index (χ0) is 22.3. The third-order valence-electron chi connectivity index (χ3n) is 5.39. The van der Waals surface area contributed by atoms with E-state index in [2.05, 4.69) is 20.5 Å². The second-order valence-electron chi connectivity index (χ2n) is 7.80. The molecule has 2 N–H and O–H groups in total. The number of aliphatic imine (C=N–C) groups is 1. The third-order valence-corrected chi connectivity index (χ3v) is 6.61. The van der Waals surface area contributed by atoms with Crippen LogP contribution in [0.2, 0.25) is 0 Å². The molecule has 168 valence electrons. The van der Waals surface area contributed by atoms with Crippen LogP contribution in [0, 0.1) is 0 Å². The maximum Gasteiger partial charge on any atom is 0.262 e. The smallest absolute Gasteiger partial charge is 0.262 e. The van der Waals surface area contributed by atoms with Crippen molar-refractivity contribution in [1.82, 2.24) is 10.2 Å². The lowest BCUT2D eigenvalue weighted by atomic mass is 10.1. The van der Waals surface area contributed by atoms with E-state index in [1.54, 1.807) is 30.5 Å². The molecule has 0 unspecified atom stereocenters. The second kappa shape index (κ2) is 10.5. The fourth-order valence-corrected chi connectivity index (χ4v) is 4.79. The van der Waals surface area contributed by atoms with Gasteiger partial charge in [-0.2, -0.15) is 4.99 Å². The third kappa shape index (κ3) is 5.79. The highest BCUT2D eigenvalue weighted by molar-refractivity contribution is 8.15. The number of carbonyl (C=O) groups excluding carboxylic acids is 3. The minimum absolute atomic E-state index is 0.0688. The molecule has 1 aromatic carbocycles. The molecule has 9 heteroatoms. The van der Waals surface area contributed by atoms with Crippen LogP contribution < -0.4 is 10.6 Å². The normalized spacial score (nSPS) is 18.4. The van der Waals surface area contributed by atoms with Gasteiger partial charge in [-0.15, -0.1) is 0 Å². The van der Waals surface area contributed by atoms with Crippen LogP contribution in [-0.4, -0.2) is 52.7 Å². The lowest BCUT2D eigenvalue weighted by Crippen LogP contribution is -2.33. The first-order valence-electron chi connectivity index (χ1n) is 10.8. The highest BCUT2D eigenvalue weighted by Crippen LogP contribution is 2.29. The van der Waals surface area contributed by atoms with E-state index >= 15 is 0 Å². The molecule has 32 heavy (non-hydrogen) atoms. The maximum absolute atomic E-state index is 12.4. The van der Waals surface area contributed by atoms with Crippen molar-refractivity contribution in [2.45, 2.75) is 37.4 Å². The molecule has 2 aliphatic heterocycles. The summed E-state index contributed by atoms with van der Waals surface area (Å²) in [6, 6.07) is 10.3. The van der Waals surface area contributed by atoms with E-state index in [-0.39, 0.29) is 24.1 Å². The van der Waals surface area contributed by atoms with Crippen molar-refractivity contribution in [3.8, 4) is 0 Å². The number of benzene rings is 1. The van der Waals surface area contributed by atoms with Crippen LogP contribution in [0.1, 0.15) is 41.8 Å². The maximum atomic E-state index is 12.4. The molecule has 1 fully saturated rings. The number of rotatable bonds is 7. The summed E-state index contributed by atoms with van der Waals surface area (Å²) in [6.45, 7) is 2.31. The first kappa shape index (κ1) is 22.1. The van der Waals surface area contributed by atoms with Crippen molar-refractivity contribution in [2.24, 2.45) is 4.99 Å². The Bertz CT molecular complexity index is 982. The Kier molecular flexibility index (Phi) is 7.26. The number of amidine groups is 1. The lowest BCUT2D eigenvalue weighted by Gasteiger charge is -2.27. The van der Waals surface area contributed by atoms with Crippen molar-refractivity contribution in [2.75, 3.05) is 25.0 Å². The highest BCUT2D eigenvalue weighted by Gasteiger charge is 2.33. The van der Waals surface area contributed by atoms with Crippen LogP contribution in [-0.2, 0) is 16.0 Å². The fourth-order valence-electron chi connectivity index (χ4n) is 3.67. The molecule has 3 amide bonds. The Hall–Kier alpha value is -3.07. The number of likely N-dealkylation sites (tertiary alicyclic amines) is 1. The van der Waals surface area contributed by atoms with E-state index in [4.69, 9.17) is 4.42 Å².